The number of para-hydroxylation sites is 1. The normalized spacial score (nSPS) is 19.6. The van der Waals surface area contributed by atoms with E-state index in [1.54, 1.807) is 24.3 Å². The molecule has 1 aromatic heterocycles. The number of alkyl halides is 2. The summed E-state index contributed by atoms with van der Waals surface area (Å²) >= 11 is 3.18. The average molecular weight is 412 g/mol. The number of halogens is 4. The van der Waals surface area contributed by atoms with Gasteiger partial charge in [-0.05, 0) is 34.5 Å². The average Bonchev–Trinajstić information content (AvgIpc) is 3.06. The summed E-state index contributed by atoms with van der Waals surface area (Å²) in [5.41, 5.74) is 7.94. The number of hydrogen-bond acceptors (Lipinski definition) is 3. The van der Waals surface area contributed by atoms with E-state index in [4.69, 9.17) is 5.73 Å². The highest BCUT2D eigenvalue weighted by Crippen LogP contribution is 2.43. The van der Waals surface area contributed by atoms with Crippen LogP contribution in [0.2, 0.25) is 0 Å². The van der Waals surface area contributed by atoms with Gasteiger partial charge in [-0.15, -0.1) is 0 Å². The molecule has 8 heteroatoms. The van der Waals surface area contributed by atoms with Gasteiger partial charge < -0.3 is 15.0 Å². The Hall–Kier alpha value is -2.06. The van der Waals surface area contributed by atoms with Gasteiger partial charge in [0.15, 0.2) is 0 Å². The van der Waals surface area contributed by atoms with Gasteiger partial charge in [0.1, 0.15) is 17.4 Å². The van der Waals surface area contributed by atoms with Crippen molar-refractivity contribution in [2.45, 2.75) is 25.1 Å². The molecule has 0 fully saturated rings. The van der Waals surface area contributed by atoms with Crippen LogP contribution in [0.25, 0.3) is 11.0 Å². The predicted molar refractivity (Wildman–Crippen MR) is 90.1 cm³/mol. The molecule has 2 aromatic carbocycles. The Kier molecular flexibility index (Phi) is 3.96. The van der Waals surface area contributed by atoms with Crippen LogP contribution >= 0.6 is 15.9 Å². The van der Waals surface area contributed by atoms with Crippen LogP contribution in [0, 0.1) is 5.82 Å². The number of ether oxygens (including phenoxy) is 1. The van der Waals surface area contributed by atoms with Crippen LogP contribution in [-0.4, -0.2) is 16.2 Å². The van der Waals surface area contributed by atoms with Crippen molar-refractivity contribution in [1.29, 1.82) is 0 Å². The first-order chi connectivity index (χ1) is 12.0. The van der Waals surface area contributed by atoms with Gasteiger partial charge in [0.05, 0.1) is 27.6 Å². The highest BCUT2D eigenvalue weighted by atomic mass is 79.9. The lowest BCUT2D eigenvalue weighted by Gasteiger charge is -2.19. The Labute approximate surface area is 149 Å². The van der Waals surface area contributed by atoms with Crippen molar-refractivity contribution in [2.75, 3.05) is 0 Å². The zero-order chi connectivity index (χ0) is 17.7. The number of benzene rings is 2. The van der Waals surface area contributed by atoms with Crippen molar-refractivity contribution in [2.24, 2.45) is 5.73 Å². The minimum absolute atomic E-state index is 0.102. The van der Waals surface area contributed by atoms with Gasteiger partial charge in [-0.2, -0.15) is 8.78 Å². The summed E-state index contributed by atoms with van der Waals surface area (Å²) in [6, 6.07) is 8.88. The van der Waals surface area contributed by atoms with E-state index in [-0.39, 0.29) is 17.8 Å². The van der Waals surface area contributed by atoms with E-state index in [0.29, 0.717) is 33.3 Å². The Morgan fingerprint density at radius 3 is 2.80 bits per heavy atom. The van der Waals surface area contributed by atoms with Crippen LogP contribution in [0.3, 0.4) is 0 Å². The van der Waals surface area contributed by atoms with Crippen molar-refractivity contribution < 1.29 is 17.9 Å². The molecule has 0 saturated carbocycles. The van der Waals surface area contributed by atoms with Crippen molar-refractivity contribution >= 4 is 27.0 Å². The molecule has 1 aliphatic rings. The maximum absolute atomic E-state index is 13.8. The molecule has 0 radical (unpaired) electrons. The van der Waals surface area contributed by atoms with E-state index < -0.39 is 12.4 Å². The van der Waals surface area contributed by atoms with Crippen LogP contribution in [0.15, 0.2) is 40.9 Å². The zero-order valence-electron chi connectivity index (χ0n) is 12.8. The topological polar surface area (TPSA) is 53.1 Å². The Morgan fingerprint density at radius 1 is 1.28 bits per heavy atom. The molecule has 25 heavy (non-hydrogen) atoms. The SMILES string of the molecule is NC1CC(c2ccccc2OC(F)F)n2c1nc1cc(F)c(Br)cc12. The molecule has 2 atom stereocenters. The third-order valence-electron chi connectivity index (χ3n) is 4.37. The Morgan fingerprint density at radius 2 is 2.04 bits per heavy atom. The number of fused-ring (bicyclic) bond motifs is 3. The predicted octanol–water partition coefficient (Wildman–Crippen LogP) is 4.53. The smallest absolute Gasteiger partial charge is 0.387 e. The fourth-order valence-electron chi connectivity index (χ4n) is 3.37. The van der Waals surface area contributed by atoms with Gasteiger partial charge in [0.25, 0.3) is 0 Å². The molecule has 2 N–H and O–H groups in total. The van der Waals surface area contributed by atoms with Gasteiger partial charge in [-0.25, -0.2) is 9.37 Å². The van der Waals surface area contributed by atoms with Crippen LogP contribution in [0.1, 0.15) is 29.9 Å². The first-order valence-corrected chi connectivity index (χ1v) is 8.41. The summed E-state index contributed by atoms with van der Waals surface area (Å²) in [7, 11) is 0. The number of imidazole rings is 1. The summed E-state index contributed by atoms with van der Waals surface area (Å²) in [6.07, 6.45) is 0.497. The largest absolute Gasteiger partial charge is 0.434 e. The van der Waals surface area contributed by atoms with E-state index in [1.165, 1.54) is 12.1 Å². The number of rotatable bonds is 3. The number of aromatic nitrogens is 2. The molecule has 4 nitrogen and oxygen atoms in total. The second-order valence-electron chi connectivity index (χ2n) is 5.87. The summed E-state index contributed by atoms with van der Waals surface area (Å²) < 4.78 is 46.1. The molecule has 4 rings (SSSR count). The summed E-state index contributed by atoms with van der Waals surface area (Å²) in [5, 5.41) is 0. The maximum Gasteiger partial charge on any atom is 0.387 e. The van der Waals surface area contributed by atoms with Crippen LogP contribution < -0.4 is 10.5 Å². The van der Waals surface area contributed by atoms with Crippen LogP contribution in [0.5, 0.6) is 5.75 Å². The Balaban J connectivity index is 1.90. The number of nitrogens with zero attached hydrogens (tertiary/aromatic N) is 2. The molecule has 0 spiro atoms. The maximum atomic E-state index is 13.8. The van der Waals surface area contributed by atoms with E-state index in [2.05, 4.69) is 25.7 Å². The van der Waals surface area contributed by atoms with E-state index in [1.807, 2.05) is 4.57 Å². The highest BCUT2D eigenvalue weighted by molar-refractivity contribution is 9.10. The van der Waals surface area contributed by atoms with Gasteiger partial charge in [0, 0.05) is 11.6 Å². The molecule has 2 unspecified atom stereocenters. The van der Waals surface area contributed by atoms with Crippen molar-refractivity contribution in [3.05, 3.63) is 58.1 Å². The molecular weight excluding hydrogens is 399 g/mol. The first kappa shape index (κ1) is 16.4. The third-order valence-corrected chi connectivity index (χ3v) is 4.98. The zero-order valence-corrected chi connectivity index (χ0v) is 14.4. The lowest BCUT2D eigenvalue weighted by Crippen LogP contribution is -2.11. The monoisotopic (exact) mass is 411 g/mol. The molecule has 0 bridgehead atoms. The quantitative estimate of drug-likeness (QED) is 0.688. The molecule has 0 saturated heterocycles. The minimum atomic E-state index is -2.92. The van der Waals surface area contributed by atoms with E-state index in [0.717, 1.165) is 0 Å². The minimum Gasteiger partial charge on any atom is -0.434 e. The molecule has 3 aromatic rings. The second-order valence-corrected chi connectivity index (χ2v) is 6.72. The van der Waals surface area contributed by atoms with Crippen molar-refractivity contribution in [3.63, 3.8) is 0 Å². The summed E-state index contributed by atoms with van der Waals surface area (Å²) in [6.45, 7) is -2.92. The standard InChI is InChI=1S/C17H13BrF3N3O/c18-9-5-14-12(6-10(9)19)23-16-11(22)7-13(24(14)16)8-3-1-2-4-15(8)25-17(20)21/h1-6,11,13,17H,7,22H2. The van der Waals surface area contributed by atoms with Crippen LogP contribution in [-0.2, 0) is 0 Å². The molecule has 2 heterocycles. The Bertz CT molecular complexity index is 960. The van der Waals surface area contributed by atoms with Gasteiger partial charge in [-0.1, -0.05) is 18.2 Å². The highest BCUT2D eigenvalue weighted by Gasteiger charge is 2.35. The van der Waals surface area contributed by atoms with Gasteiger partial charge in [-0.3, -0.25) is 0 Å². The van der Waals surface area contributed by atoms with Crippen LogP contribution in [0.4, 0.5) is 13.2 Å². The van der Waals surface area contributed by atoms with Crippen molar-refractivity contribution in [1.82, 2.24) is 9.55 Å². The molecule has 0 amide bonds. The lowest BCUT2D eigenvalue weighted by atomic mass is 10.0. The molecule has 130 valence electrons. The molecular formula is C17H13BrF3N3O. The fraction of sp³-hybridized carbons (Fsp3) is 0.235. The molecule has 1 aliphatic heterocycles. The van der Waals surface area contributed by atoms with Gasteiger partial charge in [0.2, 0.25) is 0 Å². The lowest BCUT2D eigenvalue weighted by molar-refractivity contribution is -0.0506. The van der Waals surface area contributed by atoms with E-state index >= 15 is 0 Å². The van der Waals surface area contributed by atoms with Crippen molar-refractivity contribution in [3.8, 4) is 5.75 Å². The molecule has 0 aliphatic carbocycles. The third kappa shape index (κ3) is 2.69. The summed E-state index contributed by atoms with van der Waals surface area (Å²) in [5.74, 6) is 0.283. The number of nitrogens with two attached hydrogens (primary N) is 1. The van der Waals surface area contributed by atoms with Gasteiger partial charge >= 0.3 is 6.61 Å². The fourth-order valence-corrected chi connectivity index (χ4v) is 3.71. The second kappa shape index (κ2) is 6.03. The first-order valence-electron chi connectivity index (χ1n) is 7.62. The summed E-state index contributed by atoms with van der Waals surface area (Å²) in [4.78, 5) is 4.43. The van der Waals surface area contributed by atoms with E-state index in [9.17, 15) is 13.2 Å². The number of hydrogen-bond donors (Lipinski definition) is 1.